The molecule has 0 aromatic carbocycles. The summed E-state index contributed by atoms with van der Waals surface area (Å²) in [6.45, 7) is 0.557. The molecule has 0 aromatic heterocycles. The fourth-order valence-corrected chi connectivity index (χ4v) is 0.874. The van der Waals surface area contributed by atoms with Gasteiger partial charge in [0.15, 0.2) is 0 Å². The Bertz CT molecular complexity index is 230. The first kappa shape index (κ1) is 14.6. The molecule has 0 saturated heterocycles. The monoisotopic (exact) mass is 311 g/mol. The van der Waals surface area contributed by atoms with E-state index >= 15 is 0 Å². The molecule has 1 rings (SSSR count). The SMILES string of the molecule is C1=C\CCCC\C=C/1.C[C](=O)[Rh]([F])([F])[F]. The predicted molar refractivity (Wildman–Crippen MR) is 50.8 cm³/mol. The summed E-state index contributed by atoms with van der Waals surface area (Å²) >= 11 is -6.06. The van der Waals surface area contributed by atoms with E-state index in [2.05, 4.69) is 24.3 Å². The first-order valence-electron chi connectivity index (χ1n) is 4.57. The van der Waals surface area contributed by atoms with Crippen LogP contribution in [0.1, 0.15) is 32.6 Å². The first-order chi connectivity index (χ1) is 6.94. The van der Waals surface area contributed by atoms with Gasteiger partial charge in [0, 0.05) is 0 Å². The van der Waals surface area contributed by atoms with Crippen LogP contribution in [-0.4, -0.2) is 4.38 Å². The van der Waals surface area contributed by atoms with Crippen molar-refractivity contribution in [2.24, 2.45) is 0 Å². The number of halogens is 3. The molecular weight excluding hydrogens is 296 g/mol. The normalized spacial score (nSPS) is 21.3. The van der Waals surface area contributed by atoms with Crippen molar-refractivity contribution in [3.05, 3.63) is 24.3 Å². The second-order valence-corrected chi connectivity index (χ2v) is 5.70. The van der Waals surface area contributed by atoms with Crippen molar-refractivity contribution in [3.63, 3.8) is 0 Å². The molecule has 91 valence electrons. The number of hydrogen-bond acceptors (Lipinski definition) is 1. The third-order valence-corrected chi connectivity index (χ3v) is 2.95. The van der Waals surface area contributed by atoms with Crippen LogP contribution >= 0.6 is 0 Å². The van der Waals surface area contributed by atoms with Crippen LogP contribution in [0.5, 0.6) is 0 Å². The van der Waals surface area contributed by atoms with Gasteiger partial charge in [-0.3, -0.25) is 0 Å². The second-order valence-electron chi connectivity index (χ2n) is 2.91. The Morgan fingerprint density at radius 1 is 1.07 bits per heavy atom. The molecule has 5 heteroatoms. The van der Waals surface area contributed by atoms with Crippen LogP contribution in [-0.2, 0) is 21.1 Å². The zero-order valence-corrected chi connectivity index (χ0v) is 10.2. The third kappa shape index (κ3) is 9.86. The molecule has 0 atom stereocenters. The van der Waals surface area contributed by atoms with Gasteiger partial charge in [-0.05, 0) is 25.7 Å². The van der Waals surface area contributed by atoms with E-state index in [1.165, 1.54) is 25.7 Å². The van der Waals surface area contributed by atoms with E-state index in [0.29, 0.717) is 6.92 Å². The second kappa shape index (κ2) is 7.80. The number of carbonyl (C=O) groups is 1. The van der Waals surface area contributed by atoms with E-state index in [4.69, 9.17) is 0 Å². The maximum atomic E-state index is 11.0. The molecule has 0 amide bonds. The molecule has 0 spiro atoms. The predicted octanol–water partition coefficient (Wildman–Crippen LogP) is 4.01. The van der Waals surface area contributed by atoms with Crippen LogP contribution in [0.4, 0.5) is 9.95 Å². The summed E-state index contributed by atoms with van der Waals surface area (Å²) in [4.78, 5) is 9.41. The van der Waals surface area contributed by atoms with Crippen molar-refractivity contribution in [1.29, 1.82) is 0 Å². The van der Waals surface area contributed by atoms with E-state index in [9.17, 15) is 14.7 Å². The fraction of sp³-hybridized carbons (Fsp3) is 0.500. The third-order valence-electron chi connectivity index (χ3n) is 1.64. The Morgan fingerprint density at radius 3 is 1.67 bits per heavy atom. The number of rotatable bonds is 1. The van der Waals surface area contributed by atoms with Crippen LogP contribution in [0.3, 0.4) is 0 Å². The van der Waals surface area contributed by atoms with Gasteiger partial charge in [-0.15, -0.1) is 0 Å². The zero-order valence-electron chi connectivity index (χ0n) is 8.51. The van der Waals surface area contributed by atoms with Crippen molar-refractivity contribution < 1.29 is 31.0 Å². The summed E-state index contributed by atoms with van der Waals surface area (Å²) in [5.41, 5.74) is 0. The van der Waals surface area contributed by atoms with Gasteiger partial charge in [0.25, 0.3) is 0 Å². The molecule has 1 nitrogen and oxygen atoms in total. The van der Waals surface area contributed by atoms with Gasteiger partial charge in [0.2, 0.25) is 0 Å². The van der Waals surface area contributed by atoms with Gasteiger partial charge < -0.3 is 0 Å². The minimum absolute atomic E-state index is 0.557. The van der Waals surface area contributed by atoms with Gasteiger partial charge in [0.05, 0.1) is 0 Å². The van der Waals surface area contributed by atoms with Gasteiger partial charge in [-0.1, -0.05) is 24.3 Å². The van der Waals surface area contributed by atoms with Crippen molar-refractivity contribution in [2.45, 2.75) is 32.6 Å². The maximum absolute atomic E-state index is 11.0. The van der Waals surface area contributed by atoms with Gasteiger partial charge in [0.1, 0.15) is 0 Å². The molecular formula is C10H15F3ORh. The van der Waals surface area contributed by atoms with Gasteiger partial charge in [-0.2, -0.15) is 0 Å². The van der Waals surface area contributed by atoms with Crippen LogP contribution < -0.4 is 0 Å². The molecule has 15 heavy (non-hydrogen) atoms. The summed E-state index contributed by atoms with van der Waals surface area (Å²) in [7, 11) is 0. The molecule has 1 aliphatic rings. The molecule has 0 saturated carbocycles. The zero-order chi connectivity index (χ0) is 11.7. The fourth-order valence-electron chi connectivity index (χ4n) is 0.874. The van der Waals surface area contributed by atoms with E-state index in [0.717, 1.165) is 0 Å². The van der Waals surface area contributed by atoms with Crippen molar-refractivity contribution in [3.8, 4) is 0 Å². The summed E-state index contributed by atoms with van der Waals surface area (Å²) in [5.74, 6) is 0. The Labute approximate surface area is 92.6 Å². The summed E-state index contributed by atoms with van der Waals surface area (Å²) in [6, 6.07) is 0. The van der Waals surface area contributed by atoms with Crippen molar-refractivity contribution >= 4 is 4.38 Å². The average Bonchev–Trinajstić information content (AvgIpc) is 2.01. The Kier molecular flexibility index (Phi) is 7.58. The Morgan fingerprint density at radius 2 is 1.40 bits per heavy atom. The Hall–Kier alpha value is -0.437. The van der Waals surface area contributed by atoms with E-state index in [-0.39, 0.29) is 0 Å². The molecule has 0 radical (unpaired) electrons. The quantitative estimate of drug-likeness (QED) is 0.669. The average molecular weight is 311 g/mol. The number of allylic oxidation sites excluding steroid dienone is 4. The Balaban J connectivity index is 0.000000265. The van der Waals surface area contributed by atoms with Crippen LogP contribution in [0.25, 0.3) is 0 Å². The van der Waals surface area contributed by atoms with Gasteiger partial charge >= 0.3 is 42.3 Å². The van der Waals surface area contributed by atoms with Crippen molar-refractivity contribution in [2.75, 3.05) is 0 Å². The van der Waals surface area contributed by atoms with Crippen LogP contribution in [0.2, 0.25) is 0 Å². The summed E-state index contributed by atoms with van der Waals surface area (Å²) in [5, 5.41) is 0. The van der Waals surface area contributed by atoms with Crippen molar-refractivity contribution in [1.82, 2.24) is 0 Å². The van der Waals surface area contributed by atoms with E-state index in [1.54, 1.807) is 0 Å². The summed E-state index contributed by atoms with van der Waals surface area (Å²) < 4.78 is 31.4. The molecule has 0 aromatic rings. The molecule has 0 aliphatic heterocycles. The number of hydrogen-bond donors (Lipinski definition) is 0. The van der Waals surface area contributed by atoms with E-state index in [1.807, 2.05) is 0 Å². The topological polar surface area (TPSA) is 17.1 Å². The van der Waals surface area contributed by atoms with Crippen LogP contribution in [0.15, 0.2) is 24.3 Å². The van der Waals surface area contributed by atoms with Gasteiger partial charge in [-0.25, -0.2) is 0 Å². The molecule has 0 fully saturated rings. The number of carbonyl (C=O) groups excluding carboxylic acids is 1. The minimum atomic E-state index is -6.06. The first-order valence-corrected chi connectivity index (χ1v) is 7.24. The van der Waals surface area contributed by atoms with Crippen LogP contribution in [0, 0.1) is 0 Å². The molecule has 0 unspecified atom stereocenters. The van der Waals surface area contributed by atoms with E-state index < -0.39 is 20.6 Å². The molecule has 0 heterocycles. The molecule has 1 aliphatic carbocycles. The molecule has 0 N–H and O–H groups in total. The summed E-state index contributed by atoms with van der Waals surface area (Å²) in [6.07, 6.45) is 14.0. The molecule has 0 bridgehead atoms. The standard InChI is InChI=1S/C8H12.C2H3O.3FH.Rh/c1-2-4-6-8-7-5-3-1;1-2-3;;;;/h1-4H,5-8H2;1H3;3*1H;/q;;;;;+3/p-3/b3-1-,4-2-;;;;;.